The third-order valence-corrected chi connectivity index (χ3v) is 3.48. The lowest BCUT2D eigenvalue weighted by atomic mass is 10.00. The first kappa shape index (κ1) is 15.1. The predicted molar refractivity (Wildman–Crippen MR) is 85.3 cm³/mol. The Morgan fingerprint density at radius 3 is 2.50 bits per heavy atom. The molecule has 0 spiro atoms. The molecule has 20 heavy (non-hydrogen) atoms. The molecule has 2 rings (SSSR count). The molecule has 0 aliphatic heterocycles. The fourth-order valence-electron chi connectivity index (χ4n) is 2.18. The van der Waals surface area contributed by atoms with Gasteiger partial charge < -0.3 is 9.72 Å². The monoisotopic (exact) mass is 337 g/mol. The molecule has 0 amide bonds. The molecular weight excluding hydrogens is 318 g/mol. The summed E-state index contributed by atoms with van der Waals surface area (Å²) in [6.45, 7) is 9.88. The van der Waals surface area contributed by atoms with Gasteiger partial charge in [0.1, 0.15) is 5.60 Å². The number of hydrogen-bond donors (Lipinski definition) is 1. The summed E-state index contributed by atoms with van der Waals surface area (Å²) in [5.41, 5.74) is 2.28. The zero-order chi connectivity index (χ0) is 15.1. The van der Waals surface area contributed by atoms with Crippen LogP contribution < -0.4 is 0 Å². The SMILES string of the molecule is CC(C)c1cc(Br)cc2c(C(=O)OC(C)(C)C)c[nH]c12. The maximum atomic E-state index is 12.3. The molecule has 0 bridgehead atoms. The van der Waals surface area contributed by atoms with Crippen molar-refractivity contribution in [3.05, 3.63) is 33.9 Å². The van der Waals surface area contributed by atoms with E-state index in [0.717, 1.165) is 15.4 Å². The Labute approximate surface area is 127 Å². The molecule has 0 unspecified atom stereocenters. The molecule has 108 valence electrons. The Bertz CT molecular complexity index is 650. The summed E-state index contributed by atoms with van der Waals surface area (Å²) in [5, 5.41) is 0.900. The molecule has 4 heteroatoms. The molecule has 1 heterocycles. The van der Waals surface area contributed by atoms with Crippen LogP contribution in [-0.4, -0.2) is 16.6 Å². The van der Waals surface area contributed by atoms with Gasteiger partial charge in [0.05, 0.1) is 5.56 Å². The molecule has 0 atom stereocenters. The Morgan fingerprint density at radius 1 is 1.30 bits per heavy atom. The molecule has 0 aliphatic carbocycles. The third kappa shape index (κ3) is 3.06. The van der Waals surface area contributed by atoms with Crippen molar-refractivity contribution < 1.29 is 9.53 Å². The van der Waals surface area contributed by atoms with Crippen LogP contribution in [0.4, 0.5) is 0 Å². The minimum Gasteiger partial charge on any atom is -0.456 e. The number of carbonyl (C=O) groups excluding carboxylic acids is 1. The average molecular weight is 338 g/mol. The molecule has 0 saturated carbocycles. The van der Waals surface area contributed by atoms with Crippen molar-refractivity contribution in [3.63, 3.8) is 0 Å². The number of benzene rings is 1. The number of hydrogen-bond acceptors (Lipinski definition) is 2. The third-order valence-electron chi connectivity index (χ3n) is 3.03. The van der Waals surface area contributed by atoms with E-state index >= 15 is 0 Å². The summed E-state index contributed by atoms with van der Waals surface area (Å²) in [5.74, 6) is 0.0803. The summed E-state index contributed by atoms with van der Waals surface area (Å²) in [7, 11) is 0. The lowest BCUT2D eigenvalue weighted by Gasteiger charge is -2.19. The van der Waals surface area contributed by atoms with Gasteiger partial charge in [-0.05, 0) is 44.4 Å². The van der Waals surface area contributed by atoms with E-state index < -0.39 is 5.60 Å². The van der Waals surface area contributed by atoms with Gasteiger partial charge in [0.2, 0.25) is 0 Å². The highest BCUT2D eigenvalue weighted by atomic mass is 79.9. The number of esters is 1. The first-order chi connectivity index (χ1) is 9.19. The van der Waals surface area contributed by atoms with Crippen molar-refractivity contribution >= 4 is 32.8 Å². The van der Waals surface area contributed by atoms with Crippen LogP contribution in [-0.2, 0) is 4.74 Å². The molecule has 1 N–H and O–H groups in total. The number of fused-ring (bicyclic) bond motifs is 1. The molecule has 1 aromatic heterocycles. The van der Waals surface area contributed by atoms with E-state index in [4.69, 9.17) is 4.74 Å². The molecule has 0 radical (unpaired) electrons. The maximum absolute atomic E-state index is 12.3. The summed E-state index contributed by atoms with van der Waals surface area (Å²) in [6, 6.07) is 4.04. The summed E-state index contributed by atoms with van der Waals surface area (Å²) < 4.78 is 6.43. The Hall–Kier alpha value is -1.29. The largest absolute Gasteiger partial charge is 0.456 e. The van der Waals surface area contributed by atoms with Crippen LogP contribution in [0, 0.1) is 0 Å². The fourth-order valence-corrected chi connectivity index (χ4v) is 2.66. The van der Waals surface area contributed by atoms with Crippen molar-refractivity contribution in [1.82, 2.24) is 4.98 Å². The number of aromatic nitrogens is 1. The maximum Gasteiger partial charge on any atom is 0.340 e. The molecular formula is C16H20BrNO2. The first-order valence-electron chi connectivity index (χ1n) is 6.73. The number of nitrogens with one attached hydrogen (secondary N) is 1. The lowest BCUT2D eigenvalue weighted by Crippen LogP contribution is -2.23. The van der Waals surface area contributed by atoms with Crippen molar-refractivity contribution in [1.29, 1.82) is 0 Å². The first-order valence-corrected chi connectivity index (χ1v) is 7.52. The van der Waals surface area contributed by atoms with Crippen LogP contribution >= 0.6 is 15.9 Å². The Kier molecular flexibility index (Phi) is 3.96. The number of halogens is 1. The fraction of sp³-hybridized carbons (Fsp3) is 0.438. The van der Waals surface area contributed by atoms with E-state index in [1.807, 2.05) is 26.8 Å². The van der Waals surface area contributed by atoms with E-state index in [1.54, 1.807) is 6.20 Å². The van der Waals surface area contributed by atoms with Crippen LogP contribution in [0.1, 0.15) is 56.5 Å². The smallest absolute Gasteiger partial charge is 0.340 e. The van der Waals surface area contributed by atoms with Crippen LogP contribution in [0.25, 0.3) is 10.9 Å². The Balaban J connectivity index is 2.54. The lowest BCUT2D eigenvalue weighted by molar-refractivity contribution is 0.00719. The van der Waals surface area contributed by atoms with E-state index in [0.29, 0.717) is 11.5 Å². The highest BCUT2D eigenvalue weighted by molar-refractivity contribution is 9.10. The van der Waals surface area contributed by atoms with Gasteiger partial charge in [-0.25, -0.2) is 4.79 Å². The summed E-state index contributed by atoms with van der Waals surface area (Å²) in [4.78, 5) is 15.5. The number of rotatable bonds is 2. The standard InChI is InChI=1S/C16H20BrNO2/c1-9(2)11-6-10(17)7-12-13(8-18-14(11)12)15(19)20-16(3,4)5/h6-9,18H,1-5H3. The topological polar surface area (TPSA) is 42.1 Å². The van der Waals surface area contributed by atoms with Crippen LogP contribution in [0.2, 0.25) is 0 Å². The second kappa shape index (κ2) is 5.24. The van der Waals surface area contributed by atoms with Crippen molar-refractivity contribution in [2.75, 3.05) is 0 Å². The van der Waals surface area contributed by atoms with Crippen LogP contribution in [0.3, 0.4) is 0 Å². The zero-order valence-corrected chi connectivity index (χ0v) is 14.1. The molecule has 0 fully saturated rings. The quantitative estimate of drug-likeness (QED) is 0.782. The van der Waals surface area contributed by atoms with Gasteiger partial charge in [0, 0.05) is 21.6 Å². The van der Waals surface area contributed by atoms with E-state index in [1.165, 1.54) is 5.56 Å². The van der Waals surface area contributed by atoms with Gasteiger partial charge in [0.25, 0.3) is 0 Å². The van der Waals surface area contributed by atoms with Crippen LogP contribution in [0.15, 0.2) is 22.8 Å². The van der Waals surface area contributed by atoms with Gasteiger partial charge in [-0.15, -0.1) is 0 Å². The van der Waals surface area contributed by atoms with Crippen molar-refractivity contribution in [2.45, 2.75) is 46.1 Å². The number of ether oxygens (including phenoxy) is 1. The van der Waals surface area contributed by atoms with Gasteiger partial charge in [0.15, 0.2) is 0 Å². The highest BCUT2D eigenvalue weighted by Crippen LogP contribution is 2.31. The second-order valence-electron chi connectivity index (χ2n) is 6.28. The Morgan fingerprint density at radius 2 is 1.95 bits per heavy atom. The molecule has 1 aromatic carbocycles. The van der Waals surface area contributed by atoms with Crippen LogP contribution in [0.5, 0.6) is 0 Å². The number of aromatic amines is 1. The molecule has 0 saturated heterocycles. The normalized spacial score (nSPS) is 12.2. The van der Waals surface area contributed by atoms with E-state index in [2.05, 4.69) is 40.8 Å². The van der Waals surface area contributed by atoms with E-state index in [9.17, 15) is 4.79 Å². The van der Waals surface area contributed by atoms with Crippen molar-refractivity contribution in [2.24, 2.45) is 0 Å². The van der Waals surface area contributed by atoms with Gasteiger partial charge in [-0.2, -0.15) is 0 Å². The summed E-state index contributed by atoms with van der Waals surface area (Å²) in [6.07, 6.45) is 1.73. The van der Waals surface area contributed by atoms with Gasteiger partial charge in [-0.3, -0.25) is 0 Å². The summed E-state index contributed by atoms with van der Waals surface area (Å²) >= 11 is 3.51. The van der Waals surface area contributed by atoms with Crippen molar-refractivity contribution in [3.8, 4) is 0 Å². The highest BCUT2D eigenvalue weighted by Gasteiger charge is 2.22. The predicted octanol–water partition coefficient (Wildman–Crippen LogP) is 5.01. The minimum absolute atomic E-state index is 0.295. The minimum atomic E-state index is -0.492. The second-order valence-corrected chi connectivity index (χ2v) is 7.19. The van der Waals surface area contributed by atoms with E-state index in [-0.39, 0.29) is 5.97 Å². The molecule has 2 aromatic rings. The average Bonchev–Trinajstić information content (AvgIpc) is 2.68. The van der Waals surface area contributed by atoms with Gasteiger partial charge in [-0.1, -0.05) is 29.8 Å². The number of carbonyl (C=O) groups is 1. The van der Waals surface area contributed by atoms with Gasteiger partial charge >= 0.3 is 5.97 Å². The molecule has 3 nitrogen and oxygen atoms in total. The zero-order valence-electron chi connectivity index (χ0n) is 12.5. The number of H-pyrrole nitrogens is 1. The molecule has 0 aliphatic rings.